The molecule has 20 N–H and O–H groups in total. The molecule has 508 valence electrons. The number of aliphatic hydroxyl groups excluding tert-OH is 1. The average Bonchev–Trinajstić information content (AvgIpc) is 1.86. The molecular weight excluding hydrogens is 1270 g/mol. The molecule has 2 aliphatic rings. The summed E-state index contributed by atoms with van der Waals surface area (Å²) in [5.74, 6) is -13.3. The molecule has 1 aromatic rings. The van der Waals surface area contributed by atoms with Crippen LogP contribution in [0.5, 0.6) is 5.75 Å². The molecule has 0 saturated carbocycles. The number of aliphatic hydroxyl groups is 1. The third-order valence-corrected chi connectivity index (χ3v) is 16.6. The zero-order valence-electron chi connectivity index (χ0n) is 50.9. The number of amides is 14. The number of rotatable bonds is 38. The van der Waals surface area contributed by atoms with Crippen LogP contribution in [-0.4, -0.2) is 231 Å². The Kier molecular flexibility index (Phi) is 33.8. The lowest BCUT2D eigenvalue weighted by Crippen LogP contribution is -2.60. The number of phenolic OH excluding ortho intramolecular Hbond substituents is 1. The number of likely N-dealkylation sites (tertiary alicyclic amines) is 2. The Morgan fingerprint density at radius 1 is 0.571 bits per heavy atom. The molecule has 0 unspecified atom stereocenters. The average molecular weight is 1360 g/mol. The molecule has 1 aromatic carbocycles. The topological polar surface area (TPSA) is 510 Å². The van der Waals surface area contributed by atoms with E-state index in [-0.39, 0.29) is 86.4 Å². The van der Waals surface area contributed by atoms with E-state index in [4.69, 9.17) is 22.9 Å². The summed E-state index contributed by atoms with van der Waals surface area (Å²) < 4.78 is 0. The van der Waals surface area contributed by atoms with Crippen molar-refractivity contribution in [2.45, 2.75) is 157 Å². The number of phenols is 1. The van der Waals surface area contributed by atoms with E-state index in [0.29, 0.717) is 31.2 Å². The van der Waals surface area contributed by atoms with Crippen LogP contribution in [0.25, 0.3) is 0 Å². The number of nitrogens with zero attached hydrogens (tertiary/aromatic N) is 2. The number of unbranched alkanes of at least 4 members (excludes halogenated alkanes) is 1. The van der Waals surface area contributed by atoms with Crippen LogP contribution < -0.4 is 76.1 Å². The third-order valence-electron chi connectivity index (χ3n) is 15.2. The minimum atomic E-state index is -1.62. The van der Waals surface area contributed by atoms with Gasteiger partial charge in [-0.15, -0.1) is 0 Å². The molecule has 0 aromatic heterocycles. The van der Waals surface area contributed by atoms with Gasteiger partial charge in [-0.05, 0) is 82.0 Å². The number of hydrogen-bond donors (Lipinski definition) is 20. The van der Waals surface area contributed by atoms with Gasteiger partial charge in [0, 0.05) is 42.5 Å². The van der Waals surface area contributed by atoms with Crippen molar-refractivity contribution in [3.8, 4) is 5.75 Å². The van der Waals surface area contributed by atoms with Crippen molar-refractivity contribution in [3.63, 3.8) is 0 Å². The monoisotopic (exact) mass is 1360 g/mol. The number of primary amides is 2. The quantitative estimate of drug-likeness (QED) is 0.0216. The molecule has 0 aliphatic carbocycles. The zero-order chi connectivity index (χ0) is 68.2. The lowest BCUT2D eigenvalue weighted by atomic mass is 9.99. The Balaban J connectivity index is 1.66. The number of nitrogens with two attached hydrogens (primary N) is 4. The summed E-state index contributed by atoms with van der Waals surface area (Å²) in [6.45, 7) is 3.58. The SMILES string of the molecule is CC[C@H](C)[C@H](N)C(=O)N[C@@H](CS)C(=O)N[C@@H](CS)C(=O)N[C@@H](CC(N)=O)C(=O)N1CCC[C@H]1C(=O)N[C@@H](C)C(=O)N[C@@H](CS)C(=O)NCC(=O)N1CCC[C@H]1C(=O)N[C@@H](CCCCN)C(=O)N[C@@H](Cc1ccc(O)cc1)C(=O)N[C@@H](CO)C(=O)N[C@@H](CS)C(N)=O. The van der Waals surface area contributed by atoms with Gasteiger partial charge in [-0.3, -0.25) is 67.1 Å². The minimum Gasteiger partial charge on any atom is -0.508 e. The van der Waals surface area contributed by atoms with Gasteiger partial charge in [-0.2, -0.15) is 50.5 Å². The Hall–Kier alpha value is -7.12. The number of aromatic hydroxyl groups is 1. The number of nitrogens with one attached hydrogen (secondary N) is 10. The first-order chi connectivity index (χ1) is 43.1. The van der Waals surface area contributed by atoms with Crippen molar-refractivity contribution < 1.29 is 77.3 Å². The first-order valence-corrected chi connectivity index (χ1v) is 32.1. The predicted molar refractivity (Wildman–Crippen MR) is 343 cm³/mol. The van der Waals surface area contributed by atoms with Gasteiger partial charge in [0.2, 0.25) is 82.7 Å². The number of thiol groups is 4. The highest BCUT2D eigenvalue weighted by molar-refractivity contribution is 7.80. The van der Waals surface area contributed by atoms with Crippen LogP contribution in [0.2, 0.25) is 0 Å². The van der Waals surface area contributed by atoms with E-state index in [0.717, 1.165) is 4.90 Å². The second-order valence-electron chi connectivity index (χ2n) is 21.9. The molecule has 2 heterocycles. The Morgan fingerprint density at radius 3 is 1.57 bits per heavy atom. The highest BCUT2D eigenvalue weighted by Crippen LogP contribution is 2.21. The fourth-order valence-electron chi connectivity index (χ4n) is 9.53. The number of hydrogen-bond acceptors (Lipinski definition) is 22. The molecular formula is C55H88N16O16S4. The summed E-state index contributed by atoms with van der Waals surface area (Å²) >= 11 is 16.5. The summed E-state index contributed by atoms with van der Waals surface area (Å²) in [5, 5.41) is 44.6. The third kappa shape index (κ3) is 24.5. The van der Waals surface area contributed by atoms with Gasteiger partial charge in [0.15, 0.2) is 0 Å². The Bertz CT molecular complexity index is 2740. The van der Waals surface area contributed by atoms with E-state index in [9.17, 15) is 77.3 Å². The van der Waals surface area contributed by atoms with Crippen LogP contribution >= 0.6 is 50.5 Å². The van der Waals surface area contributed by atoms with Crippen LogP contribution in [-0.2, 0) is 73.5 Å². The van der Waals surface area contributed by atoms with E-state index in [2.05, 4.69) is 104 Å². The number of carbonyl (C=O) groups is 14. The van der Waals surface area contributed by atoms with Gasteiger partial charge >= 0.3 is 0 Å². The number of benzene rings is 1. The lowest BCUT2D eigenvalue weighted by Gasteiger charge is -2.30. The molecule has 2 aliphatic heterocycles. The largest absolute Gasteiger partial charge is 0.508 e. The zero-order valence-corrected chi connectivity index (χ0v) is 54.4. The molecule has 0 bridgehead atoms. The molecule has 3 rings (SSSR count). The van der Waals surface area contributed by atoms with Gasteiger partial charge in [0.1, 0.15) is 72.2 Å². The van der Waals surface area contributed by atoms with Gasteiger partial charge in [0.05, 0.1) is 25.6 Å². The summed E-state index contributed by atoms with van der Waals surface area (Å²) in [7, 11) is 0. The smallest absolute Gasteiger partial charge is 0.246 e. The molecule has 13 atom stereocenters. The maximum atomic E-state index is 14.1. The summed E-state index contributed by atoms with van der Waals surface area (Å²) in [6.07, 6.45) is 1.29. The molecule has 2 fully saturated rings. The van der Waals surface area contributed by atoms with E-state index >= 15 is 0 Å². The van der Waals surface area contributed by atoms with Gasteiger partial charge in [0.25, 0.3) is 0 Å². The first-order valence-electron chi connectivity index (χ1n) is 29.6. The van der Waals surface area contributed by atoms with Gasteiger partial charge in [-0.25, -0.2) is 0 Å². The van der Waals surface area contributed by atoms with Crippen LogP contribution in [0.3, 0.4) is 0 Å². The van der Waals surface area contributed by atoms with Crippen molar-refractivity contribution in [1.29, 1.82) is 0 Å². The second-order valence-corrected chi connectivity index (χ2v) is 23.4. The fraction of sp³-hybridized carbons (Fsp3) is 0.636. The molecule has 0 radical (unpaired) electrons. The fourth-order valence-corrected chi connectivity index (χ4v) is 10.6. The van der Waals surface area contributed by atoms with E-state index in [1.54, 1.807) is 6.92 Å². The highest BCUT2D eigenvalue weighted by atomic mass is 32.1. The van der Waals surface area contributed by atoms with Gasteiger partial charge in [-0.1, -0.05) is 32.4 Å². The van der Waals surface area contributed by atoms with E-state index < -0.39 is 175 Å². The van der Waals surface area contributed by atoms with Crippen molar-refractivity contribution in [1.82, 2.24) is 63.0 Å². The van der Waals surface area contributed by atoms with E-state index in [1.807, 2.05) is 6.92 Å². The van der Waals surface area contributed by atoms with Crippen LogP contribution in [0, 0.1) is 5.92 Å². The predicted octanol–water partition coefficient (Wildman–Crippen LogP) is -7.01. The Labute approximate surface area is 548 Å². The minimum absolute atomic E-state index is 0.0121. The van der Waals surface area contributed by atoms with Gasteiger partial charge < -0.3 is 96.1 Å². The normalized spacial score (nSPS) is 18.1. The Morgan fingerprint density at radius 2 is 1.03 bits per heavy atom. The molecule has 32 nitrogen and oxygen atoms in total. The molecule has 91 heavy (non-hydrogen) atoms. The van der Waals surface area contributed by atoms with Crippen molar-refractivity contribution in [2.75, 3.05) is 55.8 Å². The maximum absolute atomic E-state index is 14.1. The lowest BCUT2D eigenvalue weighted by molar-refractivity contribution is -0.143. The van der Waals surface area contributed by atoms with Crippen molar-refractivity contribution in [3.05, 3.63) is 29.8 Å². The summed E-state index contributed by atoms with van der Waals surface area (Å²) in [6, 6.07) is -10.3. The second kappa shape index (κ2) is 39.3. The van der Waals surface area contributed by atoms with E-state index in [1.165, 1.54) is 36.1 Å². The van der Waals surface area contributed by atoms with Crippen molar-refractivity contribution in [2.24, 2.45) is 28.9 Å². The highest BCUT2D eigenvalue weighted by Gasteiger charge is 2.41. The molecule has 0 spiro atoms. The summed E-state index contributed by atoms with van der Waals surface area (Å²) in [5.41, 5.74) is 22.9. The summed E-state index contributed by atoms with van der Waals surface area (Å²) in [4.78, 5) is 189. The maximum Gasteiger partial charge on any atom is 0.246 e. The van der Waals surface area contributed by atoms with Crippen LogP contribution in [0.15, 0.2) is 24.3 Å². The number of carbonyl (C=O) groups excluding carboxylic acids is 14. The van der Waals surface area contributed by atoms with Crippen LogP contribution in [0.1, 0.15) is 84.1 Å². The van der Waals surface area contributed by atoms with Crippen LogP contribution in [0.4, 0.5) is 0 Å². The van der Waals surface area contributed by atoms with Crippen molar-refractivity contribution >= 4 is 133 Å². The molecule has 14 amide bonds. The standard InChI is InChI=1S/C55H88N16O16S4/c1-4-27(2)43(58)54(86)69-38(26-91)51(83)68-37(25-90)50(82)64-33(20-41(57)74)55(87)71-18-8-11-40(71)52(84)61-28(3)45(77)67-36(24-89)46(78)60-21-42(75)70-17-7-10-39(70)53(85)62-31(9-5-6-16-56)47(79)63-32(19-29-12-14-30(73)15-13-29)48(80)65-34(22-72)49(81)66-35(23-88)44(59)76/h12-15,27-28,31-40,43,72-73,88-91H,4-11,16-26,56,58H2,1-3H3,(H2,57,74)(H2,59,76)(H,60,78)(H,61,84)(H,62,85)(H,63,79)(H,64,82)(H,65,80)(H,66,81)(H,67,77)(H,68,83)(H,69,86)/t27-,28-,31-,32-,33-,34-,35-,36-,37-,38-,39-,40-,43-/m0/s1. The molecule has 36 heteroatoms. The first kappa shape index (κ1) is 78.1. The molecule has 2 saturated heterocycles.